The zero-order valence-electron chi connectivity index (χ0n) is 12.4. The Morgan fingerprint density at radius 3 is 1.71 bits per heavy atom. The molecule has 0 radical (unpaired) electrons. The van der Waals surface area contributed by atoms with Crippen molar-refractivity contribution < 1.29 is 0 Å². The van der Waals surface area contributed by atoms with Gasteiger partial charge in [-0.3, -0.25) is 0 Å². The van der Waals surface area contributed by atoms with Gasteiger partial charge in [0.05, 0.1) is 12.4 Å². The zero-order chi connectivity index (χ0) is 14.9. The second-order valence-electron chi connectivity index (χ2n) is 4.82. The van der Waals surface area contributed by atoms with Crippen molar-refractivity contribution in [2.24, 2.45) is 10.2 Å². The van der Waals surface area contributed by atoms with Crippen molar-refractivity contribution in [2.75, 3.05) is 0 Å². The lowest BCUT2D eigenvalue weighted by molar-refractivity contribution is 1.14. The Morgan fingerprint density at radius 1 is 0.810 bits per heavy atom. The molecule has 2 aromatic rings. The van der Waals surface area contributed by atoms with Crippen LogP contribution < -0.4 is 0 Å². The summed E-state index contributed by atoms with van der Waals surface area (Å²) in [5.41, 5.74) is 4.68. The van der Waals surface area contributed by atoms with Crippen LogP contribution in [0.2, 0.25) is 0 Å². The van der Waals surface area contributed by atoms with Gasteiger partial charge in [-0.2, -0.15) is 10.2 Å². The van der Waals surface area contributed by atoms with E-state index in [0.29, 0.717) is 0 Å². The molecule has 0 bridgehead atoms. The van der Waals surface area contributed by atoms with Gasteiger partial charge in [0.15, 0.2) is 0 Å². The van der Waals surface area contributed by atoms with Crippen molar-refractivity contribution >= 4 is 12.4 Å². The van der Waals surface area contributed by atoms with E-state index in [0.717, 1.165) is 24.0 Å². The lowest BCUT2D eigenvalue weighted by Gasteiger charge is -1.97. The summed E-state index contributed by atoms with van der Waals surface area (Å²) in [5.74, 6) is 0. The first kappa shape index (κ1) is 14.9. The summed E-state index contributed by atoms with van der Waals surface area (Å²) in [7, 11) is 0. The molecule has 0 aromatic heterocycles. The standard InChI is InChI=1S/C19H20N2/c1-3-5-17-8-12-19(13-9-17)15-21-20-14-18-10-6-16(4-2)7-11-18/h3,6-15H,1,4-5H2,2H3/b20-14+,21-15+. The quantitative estimate of drug-likeness (QED) is 0.423. The number of hydrogen-bond acceptors (Lipinski definition) is 2. The third-order valence-electron chi connectivity index (χ3n) is 3.23. The van der Waals surface area contributed by atoms with Gasteiger partial charge in [-0.25, -0.2) is 0 Å². The van der Waals surface area contributed by atoms with Crippen molar-refractivity contribution in [1.29, 1.82) is 0 Å². The normalized spacial score (nSPS) is 11.3. The number of benzene rings is 2. The van der Waals surface area contributed by atoms with Gasteiger partial charge in [0.25, 0.3) is 0 Å². The van der Waals surface area contributed by atoms with Crippen LogP contribution >= 0.6 is 0 Å². The molecule has 0 N–H and O–H groups in total. The second-order valence-corrected chi connectivity index (χ2v) is 4.82. The molecule has 21 heavy (non-hydrogen) atoms. The van der Waals surface area contributed by atoms with Crippen LogP contribution in [0.5, 0.6) is 0 Å². The van der Waals surface area contributed by atoms with Gasteiger partial charge < -0.3 is 0 Å². The maximum atomic E-state index is 4.08. The molecule has 0 aliphatic rings. The van der Waals surface area contributed by atoms with Gasteiger partial charge in [-0.05, 0) is 35.1 Å². The lowest BCUT2D eigenvalue weighted by Crippen LogP contribution is -1.85. The third-order valence-corrected chi connectivity index (χ3v) is 3.23. The van der Waals surface area contributed by atoms with Crippen LogP contribution in [0.15, 0.2) is 71.4 Å². The maximum Gasteiger partial charge on any atom is 0.0568 e. The molecule has 2 aromatic carbocycles. The molecule has 0 saturated carbocycles. The van der Waals surface area contributed by atoms with E-state index in [9.17, 15) is 0 Å². The van der Waals surface area contributed by atoms with Crippen molar-refractivity contribution in [3.05, 3.63) is 83.4 Å². The van der Waals surface area contributed by atoms with Crippen molar-refractivity contribution in [1.82, 2.24) is 0 Å². The molecule has 2 nitrogen and oxygen atoms in total. The van der Waals surface area contributed by atoms with Crippen LogP contribution in [-0.4, -0.2) is 12.4 Å². The van der Waals surface area contributed by atoms with Crippen molar-refractivity contribution in [3.8, 4) is 0 Å². The van der Waals surface area contributed by atoms with E-state index < -0.39 is 0 Å². The smallest absolute Gasteiger partial charge is 0.0568 e. The highest BCUT2D eigenvalue weighted by Gasteiger charge is 1.91. The average Bonchev–Trinajstić information content (AvgIpc) is 2.54. The molecule has 0 atom stereocenters. The fourth-order valence-corrected chi connectivity index (χ4v) is 1.95. The molecule has 0 saturated heterocycles. The summed E-state index contributed by atoms with van der Waals surface area (Å²) >= 11 is 0. The SMILES string of the molecule is C=CCc1ccc(/C=N/N=C/c2ccc(CC)cc2)cc1. The topological polar surface area (TPSA) is 24.7 Å². The van der Waals surface area contributed by atoms with Crippen LogP contribution in [-0.2, 0) is 12.8 Å². The van der Waals surface area contributed by atoms with Crippen molar-refractivity contribution in [2.45, 2.75) is 19.8 Å². The number of aryl methyl sites for hydroxylation is 1. The Balaban J connectivity index is 1.94. The van der Waals surface area contributed by atoms with Gasteiger partial charge >= 0.3 is 0 Å². The summed E-state index contributed by atoms with van der Waals surface area (Å²) in [5, 5.41) is 8.16. The van der Waals surface area contributed by atoms with E-state index in [1.165, 1.54) is 11.1 Å². The monoisotopic (exact) mass is 276 g/mol. The van der Waals surface area contributed by atoms with Gasteiger partial charge in [0.1, 0.15) is 0 Å². The number of allylic oxidation sites excluding steroid dienone is 1. The molecular formula is C19H20N2. The second kappa shape index (κ2) is 7.95. The summed E-state index contributed by atoms with van der Waals surface area (Å²) in [4.78, 5) is 0. The minimum absolute atomic E-state index is 0.892. The highest BCUT2D eigenvalue weighted by molar-refractivity contribution is 5.82. The zero-order valence-corrected chi connectivity index (χ0v) is 12.4. The largest absolute Gasteiger partial charge is 0.159 e. The Morgan fingerprint density at radius 2 is 1.29 bits per heavy atom. The van der Waals surface area contributed by atoms with Crippen LogP contribution in [0.4, 0.5) is 0 Å². The third kappa shape index (κ3) is 4.84. The van der Waals surface area contributed by atoms with E-state index in [1.807, 2.05) is 18.2 Å². The average molecular weight is 276 g/mol. The minimum atomic E-state index is 0.892. The van der Waals surface area contributed by atoms with Gasteiger partial charge in [0.2, 0.25) is 0 Å². The summed E-state index contributed by atoms with van der Waals surface area (Å²) in [6.45, 7) is 5.88. The summed E-state index contributed by atoms with van der Waals surface area (Å²) < 4.78 is 0. The molecule has 0 unspecified atom stereocenters. The molecule has 0 heterocycles. The van der Waals surface area contributed by atoms with Crippen LogP contribution in [0.25, 0.3) is 0 Å². The Kier molecular flexibility index (Phi) is 5.65. The molecule has 2 rings (SSSR count). The first-order valence-electron chi connectivity index (χ1n) is 7.17. The van der Waals surface area contributed by atoms with E-state index in [4.69, 9.17) is 0 Å². The van der Waals surface area contributed by atoms with E-state index >= 15 is 0 Å². The van der Waals surface area contributed by atoms with E-state index in [-0.39, 0.29) is 0 Å². The van der Waals surface area contributed by atoms with Crippen LogP contribution in [0, 0.1) is 0 Å². The van der Waals surface area contributed by atoms with Crippen LogP contribution in [0.1, 0.15) is 29.2 Å². The molecule has 0 aliphatic heterocycles. The predicted molar refractivity (Wildman–Crippen MR) is 91.4 cm³/mol. The fourth-order valence-electron chi connectivity index (χ4n) is 1.95. The highest BCUT2D eigenvalue weighted by atomic mass is 15.2. The predicted octanol–water partition coefficient (Wildman–Crippen LogP) is 4.43. The molecular weight excluding hydrogens is 256 g/mol. The lowest BCUT2D eigenvalue weighted by atomic mass is 10.1. The van der Waals surface area contributed by atoms with Gasteiger partial charge in [-0.15, -0.1) is 6.58 Å². The van der Waals surface area contributed by atoms with E-state index in [2.05, 4.69) is 60.1 Å². The summed E-state index contributed by atoms with van der Waals surface area (Å²) in [6.07, 6.45) is 7.37. The first-order valence-corrected chi connectivity index (χ1v) is 7.17. The first-order chi connectivity index (χ1) is 10.3. The van der Waals surface area contributed by atoms with Crippen LogP contribution in [0.3, 0.4) is 0 Å². The van der Waals surface area contributed by atoms with Crippen molar-refractivity contribution in [3.63, 3.8) is 0 Å². The molecule has 0 spiro atoms. The molecule has 106 valence electrons. The highest BCUT2D eigenvalue weighted by Crippen LogP contribution is 2.04. The van der Waals surface area contributed by atoms with Gasteiger partial charge in [-0.1, -0.05) is 61.5 Å². The molecule has 0 amide bonds. The number of nitrogens with zero attached hydrogens (tertiary/aromatic N) is 2. The Hall–Kier alpha value is -2.48. The molecule has 2 heteroatoms. The molecule has 0 fully saturated rings. The fraction of sp³-hybridized carbons (Fsp3) is 0.158. The van der Waals surface area contributed by atoms with E-state index in [1.54, 1.807) is 12.4 Å². The minimum Gasteiger partial charge on any atom is -0.159 e. The van der Waals surface area contributed by atoms with Gasteiger partial charge in [0, 0.05) is 0 Å². The Labute approximate surface area is 126 Å². The number of hydrogen-bond donors (Lipinski definition) is 0. The maximum absolute atomic E-state index is 4.08. The number of rotatable bonds is 6. The summed E-state index contributed by atoms with van der Waals surface area (Å²) in [6, 6.07) is 16.6. The Bertz CT molecular complexity index is 620. The molecule has 0 aliphatic carbocycles.